The van der Waals surface area contributed by atoms with Crippen molar-refractivity contribution >= 4 is 11.6 Å². The van der Waals surface area contributed by atoms with E-state index in [1.165, 1.54) is 12.1 Å². The molecule has 0 spiro atoms. The Hall–Kier alpha value is -2.96. The minimum absolute atomic E-state index is 0.0173. The summed E-state index contributed by atoms with van der Waals surface area (Å²) in [5, 5.41) is 23.0. The first-order chi connectivity index (χ1) is 9.99. The number of phenolic OH excluding ortho intramolecular Hbond substituents is 1. The van der Waals surface area contributed by atoms with Gasteiger partial charge in [-0.15, -0.1) is 0 Å². The van der Waals surface area contributed by atoms with Crippen LogP contribution in [-0.2, 0) is 0 Å². The molecule has 1 unspecified atom stereocenters. The Morgan fingerprint density at radius 3 is 2.76 bits per heavy atom. The molecule has 1 aromatic carbocycles. The van der Waals surface area contributed by atoms with Crippen molar-refractivity contribution in [3.05, 3.63) is 64.0 Å². The predicted octanol–water partition coefficient (Wildman–Crippen LogP) is 2.19. The molecule has 7 nitrogen and oxygen atoms in total. The van der Waals surface area contributed by atoms with Gasteiger partial charge >= 0.3 is 0 Å². The molecule has 1 atom stereocenters. The minimum Gasteiger partial charge on any atom is -0.507 e. The van der Waals surface area contributed by atoms with Crippen LogP contribution >= 0.6 is 0 Å². The standard InChI is InChI=1S/C14H13N3O4/c1-9(10-3-2-6-15-8-10)16-14(19)12-5-4-11(17(20)21)7-13(12)18/h2-9,18H,1H3,(H,16,19). The summed E-state index contributed by atoms with van der Waals surface area (Å²) >= 11 is 0. The summed E-state index contributed by atoms with van der Waals surface area (Å²) in [4.78, 5) is 26.0. The van der Waals surface area contributed by atoms with Crippen LogP contribution in [0.3, 0.4) is 0 Å². The molecule has 2 aromatic rings. The molecule has 0 fully saturated rings. The van der Waals surface area contributed by atoms with E-state index in [1.54, 1.807) is 25.4 Å². The second kappa shape index (κ2) is 6.00. The van der Waals surface area contributed by atoms with Gasteiger partial charge in [0.05, 0.1) is 22.6 Å². The lowest BCUT2D eigenvalue weighted by Crippen LogP contribution is -2.26. The number of aromatic nitrogens is 1. The summed E-state index contributed by atoms with van der Waals surface area (Å²) < 4.78 is 0. The largest absolute Gasteiger partial charge is 0.507 e. The van der Waals surface area contributed by atoms with Crippen molar-refractivity contribution in [2.45, 2.75) is 13.0 Å². The summed E-state index contributed by atoms with van der Waals surface area (Å²) in [5.41, 5.74) is 0.521. The molecule has 0 saturated carbocycles. The topological polar surface area (TPSA) is 105 Å². The van der Waals surface area contributed by atoms with Gasteiger partial charge in [0.25, 0.3) is 11.6 Å². The maximum atomic E-state index is 12.1. The maximum Gasteiger partial charge on any atom is 0.273 e. The number of nitro benzene ring substituents is 1. The molecule has 108 valence electrons. The average molecular weight is 287 g/mol. The average Bonchev–Trinajstić information content (AvgIpc) is 2.47. The van der Waals surface area contributed by atoms with Gasteiger partial charge in [-0.05, 0) is 24.6 Å². The fraction of sp³-hybridized carbons (Fsp3) is 0.143. The molecule has 1 aromatic heterocycles. The van der Waals surface area contributed by atoms with E-state index < -0.39 is 16.6 Å². The quantitative estimate of drug-likeness (QED) is 0.662. The van der Waals surface area contributed by atoms with Crippen molar-refractivity contribution in [1.82, 2.24) is 10.3 Å². The zero-order chi connectivity index (χ0) is 15.4. The van der Waals surface area contributed by atoms with E-state index in [4.69, 9.17) is 0 Å². The summed E-state index contributed by atoms with van der Waals surface area (Å²) in [6.45, 7) is 1.78. The number of nitro groups is 1. The van der Waals surface area contributed by atoms with E-state index in [2.05, 4.69) is 10.3 Å². The van der Waals surface area contributed by atoms with E-state index in [0.29, 0.717) is 0 Å². The SMILES string of the molecule is CC(NC(=O)c1ccc([N+](=O)[O-])cc1O)c1cccnc1. The zero-order valence-electron chi connectivity index (χ0n) is 11.2. The van der Waals surface area contributed by atoms with Crippen LogP contribution in [0.15, 0.2) is 42.7 Å². The molecule has 2 N–H and O–H groups in total. The highest BCUT2D eigenvalue weighted by atomic mass is 16.6. The Bertz CT molecular complexity index is 673. The second-order valence-electron chi connectivity index (χ2n) is 4.44. The van der Waals surface area contributed by atoms with Crippen LogP contribution in [0.1, 0.15) is 28.9 Å². The van der Waals surface area contributed by atoms with Crippen LogP contribution in [0.4, 0.5) is 5.69 Å². The number of pyridine rings is 1. The van der Waals surface area contributed by atoms with Crippen molar-refractivity contribution in [1.29, 1.82) is 0 Å². The number of amides is 1. The molecule has 1 amide bonds. The highest BCUT2D eigenvalue weighted by Gasteiger charge is 2.17. The summed E-state index contributed by atoms with van der Waals surface area (Å²) in [6, 6.07) is 6.60. The number of nitrogens with zero attached hydrogens (tertiary/aromatic N) is 2. The molecule has 0 bridgehead atoms. The Morgan fingerprint density at radius 2 is 2.19 bits per heavy atom. The number of rotatable bonds is 4. The molecule has 0 aliphatic rings. The fourth-order valence-corrected chi connectivity index (χ4v) is 1.82. The van der Waals surface area contributed by atoms with Crippen LogP contribution in [0, 0.1) is 10.1 Å². The van der Waals surface area contributed by atoms with Gasteiger partial charge < -0.3 is 10.4 Å². The van der Waals surface area contributed by atoms with Crippen molar-refractivity contribution in [2.24, 2.45) is 0 Å². The third-order valence-electron chi connectivity index (χ3n) is 2.97. The number of aromatic hydroxyl groups is 1. The number of carbonyl (C=O) groups is 1. The number of non-ortho nitro benzene ring substituents is 1. The van der Waals surface area contributed by atoms with Gasteiger partial charge in [-0.2, -0.15) is 0 Å². The van der Waals surface area contributed by atoms with E-state index in [-0.39, 0.29) is 17.3 Å². The van der Waals surface area contributed by atoms with Crippen molar-refractivity contribution in [3.8, 4) is 5.75 Å². The first-order valence-corrected chi connectivity index (χ1v) is 6.17. The molecular weight excluding hydrogens is 274 g/mol. The minimum atomic E-state index is -0.639. The number of benzene rings is 1. The number of carbonyl (C=O) groups excluding carboxylic acids is 1. The summed E-state index contributed by atoms with van der Waals surface area (Å²) in [5.74, 6) is -0.946. The van der Waals surface area contributed by atoms with Gasteiger partial charge in [0.15, 0.2) is 0 Å². The van der Waals surface area contributed by atoms with Crippen LogP contribution in [0.25, 0.3) is 0 Å². The first-order valence-electron chi connectivity index (χ1n) is 6.17. The zero-order valence-corrected chi connectivity index (χ0v) is 11.2. The number of hydrogen-bond donors (Lipinski definition) is 2. The van der Waals surface area contributed by atoms with Crippen molar-refractivity contribution in [2.75, 3.05) is 0 Å². The Kier molecular flexibility index (Phi) is 4.13. The highest BCUT2D eigenvalue weighted by molar-refractivity contribution is 5.97. The van der Waals surface area contributed by atoms with Crippen LogP contribution < -0.4 is 5.32 Å². The van der Waals surface area contributed by atoms with E-state index in [0.717, 1.165) is 11.6 Å². The summed E-state index contributed by atoms with van der Waals surface area (Å²) in [7, 11) is 0. The van der Waals surface area contributed by atoms with Crippen LogP contribution in [0.5, 0.6) is 5.75 Å². The first kappa shape index (κ1) is 14.4. The van der Waals surface area contributed by atoms with Crippen LogP contribution in [0.2, 0.25) is 0 Å². The Morgan fingerprint density at radius 1 is 1.43 bits per heavy atom. The Balaban J connectivity index is 2.15. The molecule has 0 aliphatic carbocycles. The molecule has 0 aliphatic heterocycles. The third-order valence-corrected chi connectivity index (χ3v) is 2.97. The monoisotopic (exact) mass is 287 g/mol. The van der Waals surface area contributed by atoms with Gasteiger partial charge in [-0.25, -0.2) is 0 Å². The predicted molar refractivity (Wildman–Crippen MR) is 74.9 cm³/mol. The van der Waals surface area contributed by atoms with Gasteiger partial charge in [0, 0.05) is 18.5 Å². The molecule has 2 rings (SSSR count). The van der Waals surface area contributed by atoms with Crippen molar-refractivity contribution in [3.63, 3.8) is 0 Å². The summed E-state index contributed by atoms with van der Waals surface area (Å²) in [6.07, 6.45) is 3.25. The van der Waals surface area contributed by atoms with Crippen molar-refractivity contribution < 1.29 is 14.8 Å². The normalized spacial score (nSPS) is 11.7. The number of nitrogens with one attached hydrogen (secondary N) is 1. The molecular formula is C14H13N3O4. The van der Waals surface area contributed by atoms with Gasteiger partial charge in [0.2, 0.25) is 0 Å². The maximum absolute atomic E-state index is 12.1. The lowest BCUT2D eigenvalue weighted by atomic mass is 10.1. The lowest BCUT2D eigenvalue weighted by molar-refractivity contribution is -0.384. The van der Waals surface area contributed by atoms with Crippen LogP contribution in [-0.4, -0.2) is 20.9 Å². The van der Waals surface area contributed by atoms with Gasteiger partial charge in [0.1, 0.15) is 5.75 Å². The highest BCUT2D eigenvalue weighted by Crippen LogP contribution is 2.24. The lowest BCUT2D eigenvalue weighted by Gasteiger charge is -2.14. The van der Waals surface area contributed by atoms with E-state index in [1.807, 2.05) is 6.07 Å². The Labute approximate surface area is 120 Å². The fourth-order valence-electron chi connectivity index (χ4n) is 1.82. The van der Waals surface area contributed by atoms with Gasteiger partial charge in [-0.1, -0.05) is 6.07 Å². The molecule has 21 heavy (non-hydrogen) atoms. The molecule has 1 heterocycles. The molecule has 7 heteroatoms. The molecule has 0 saturated heterocycles. The number of hydrogen-bond acceptors (Lipinski definition) is 5. The van der Waals surface area contributed by atoms with Gasteiger partial charge in [-0.3, -0.25) is 19.9 Å². The number of phenols is 1. The van der Waals surface area contributed by atoms with E-state index >= 15 is 0 Å². The second-order valence-corrected chi connectivity index (χ2v) is 4.44. The molecule has 0 radical (unpaired) electrons. The van der Waals surface area contributed by atoms with E-state index in [9.17, 15) is 20.0 Å². The third kappa shape index (κ3) is 3.33. The smallest absolute Gasteiger partial charge is 0.273 e.